The molecule has 2 N–H and O–H groups in total. The highest BCUT2D eigenvalue weighted by Gasteiger charge is 2.34. The highest BCUT2D eigenvalue weighted by molar-refractivity contribution is 7.18. The SMILES string of the molecule is OC1(CNc2nnc(-c3ccon3)s2)CCC1. The molecule has 3 rings (SSSR count). The van der Waals surface area contributed by atoms with Gasteiger partial charge in [-0.1, -0.05) is 16.5 Å². The summed E-state index contributed by atoms with van der Waals surface area (Å²) in [5.74, 6) is 0. The monoisotopic (exact) mass is 252 g/mol. The fourth-order valence-corrected chi connectivity index (χ4v) is 2.42. The van der Waals surface area contributed by atoms with Crippen LogP contribution in [-0.2, 0) is 0 Å². The molecular formula is C10H12N4O2S. The molecule has 0 amide bonds. The van der Waals surface area contributed by atoms with Crippen molar-refractivity contribution in [3.05, 3.63) is 12.3 Å². The predicted octanol–water partition coefficient (Wildman–Crippen LogP) is 1.52. The molecule has 0 aromatic carbocycles. The van der Waals surface area contributed by atoms with Gasteiger partial charge in [0.1, 0.15) is 12.0 Å². The van der Waals surface area contributed by atoms with Crippen molar-refractivity contribution in [2.75, 3.05) is 11.9 Å². The maximum atomic E-state index is 9.93. The maximum Gasteiger partial charge on any atom is 0.206 e. The molecule has 90 valence electrons. The Morgan fingerprint density at radius 1 is 1.47 bits per heavy atom. The Morgan fingerprint density at radius 2 is 2.35 bits per heavy atom. The maximum absolute atomic E-state index is 9.93. The van der Waals surface area contributed by atoms with E-state index in [0.29, 0.717) is 22.4 Å². The number of aliphatic hydroxyl groups is 1. The smallest absolute Gasteiger partial charge is 0.206 e. The van der Waals surface area contributed by atoms with Crippen molar-refractivity contribution < 1.29 is 9.63 Å². The summed E-state index contributed by atoms with van der Waals surface area (Å²) >= 11 is 1.40. The van der Waals surface area contributed by atoms with Gasteiger partial charge in [-0.25, -0.2) is 0 Å². The van der Waals surface area contributed by atoms with Gasteiger partial charge in [-0.15, -0.1) is 10.2 Å². The average Bonchev–Trinajstić information content (AvgIpc) is 2.93. The largest absolute Gasteiger partial charge is 0.388 e. The van der Waals surface area contributed by atoms with Crippen LogP contribution in [0.1, 0.15) is 19.3 Å². The van der Waals surface area contributed by atoms with Gasteiger partial charge in [0.15, 0.2) is 5.01 Å². The third-order valence-corrected chi connectivity index (χ3v) is 3.84. The van der Waals surface area contributed by atoms with Gasteiger partial charge in [0, 0.05) is 12.6 Å². The van der Waals surface area contributed by atoms with Crippen molar-refractivity contribution in [2.24, 2.45) is 0 Å². The molecule has 0 saturated heterocycles. The first-order chi connectivity index (χ1) is 8.25. The lowest BCUT2D eigenvalue weighted by atomic mass is 9.80. The van der Waals surface area contributed by atoms with Crippen LogP contribution < -0.4 is 5.32 Å². The number of aromatic nitrogens is 3. The van der Waals surface area contributed by atoms with Gasteiger partial charge >= 0.3 is 0 Å². The highest BCUT2D eigenvalue weighted by Crippen LogP contribution is 2.32. The van der Waals surface area contributed by atoms with Crippen molar-refractivity contribution in [3.63, 3.8) is 0 Å². The van der Waals surface area contributed by atoms with Gasteiger partial charge in [-0.05, 0) is 19.3 Å². The van der Waals surface area contributed by atoms with E-state index in [1.54, 1.807) is 6.07 Å². The molecule has 17 heavy (non-hydrogen) atoms. The fraction of sp³-hybridized carbons (Fsp3) is 0.500. The van der Waals surface area contributed by atoms with Crippen LogP contribution in [0.25, 0.3) is 10.7 Å². The lowest BCUT2D eigenvalue weighted by Crippen LogP contribution is -2.43. The standard InChI is InChI=1S/C10H12N4O2S/c15-10(3-1-4-10)6-11-9-13-12-8(17-9)7-2-5-16-14-7/h2,5,15H,1,3-4,6H2,(H,11,13). The van der Waals surface area contributed by atoms with Crippen molar-refractivity contribution in [3.8, 4) is 10.7 Å². The van der Waals surface area contributed by atoms with Crippen LogP contribution in [0.4, 0.5) is 5.13 Å². The minimum atomic E-state index is -0.556. The van der Waals surface area contributed by atoms with E-state index in [-0.39, 0.29) is 0 Å². The lowest BCUT2D eigenvalue weighted by molar-refractivity contribution is -0.0202. The Kier molecular flexibility index (Phi) is 2.56. The number of nitrogens with zero attached hydrogens (tertiary/aromatic N) is 3. The van der Waals surface area contributed by atoms with Crippen LogP contribution in [-0.4, -0.2) is 32.6 Å². The minimum absolute atomic E-state index is 0.528. The van der Waals surface area contributed by atoms with E-state index in [1.165, 1.54) is 17.6 Å². The molecule has 0 unspecified atom stereocenters. The lowest BCUT2D eigenvalue weighted by Gasteiger charge is -2.36. The number of hydrogen-bond acceptors (Lipinski definition) is 7. The van der Waals surface area contributed by atoms with Gasteiger partial charge in [-0.2, -0.15) is 0 Å². The van der Waals surface area contributed by atoms with Crippen molar-refractivity contribution in [1.29, 1.82) is 0 Å². The Hall–Kier alpha value is -1.47. The van der Waals surface area contributed by atoms with Crippen LogP contribution >= 0.6 is 11.3 Å². The molecule has 2 aromatic rings. The number of nitrogens with one attached hydrogen (secondary N) is 1. The van der Waals surface area contributed by atoms with E-state index in [0.717, 1.165) is 19.3 Å². The Morgan fingerprint density at radius 3 is 3.00 bits per heavy atom. The summed E-state index contributed by atoms with van der Waals surface area (Å²) in [4.78, 5) is 0. The van der Waals surface area contributed by atoms with E-state index in [4.69, 9.17) is 4.52 Å². The van der Waals surface area contributed by atoms with Crippen LogP contribution in [0.2, 0.25) is 0 Å². The minimum Gasteiger partial charge on any atom is -0.388 e. The molecule has 0 atom stereocenters. The van der Waals surface area contributed by atoms with Gasteiger partial charge in [0.25, 0.3) is 0 Å². The molecule has 2 aromatic heterocycles. The van der Waals surface area contributed by atoms with Gasteiger partial charge in [0.05, 0.1) is 5.60 Å². The molecule has 0 spiro atoms. The Balaban J connectivity index is 1.65. The highest BCUT2D eigenvalue weighted by atomic mass is 32.1. The first-order valence-electron chi connectivity index (χ1n) is 5.46. The third-order valence-electron chi connectivity index (χ3n) is 2.93. The van der Waals surface area contributed by atoms with Crippen LogP contribution in [0, 0.1) is 0 Å². The Labute approximate surface area is 102 Å². The van der Waals surface area contributed by atoms with E-state index >= 15 is 0 Å². The molecule has 1 aliphatic carbocycles. The molecule has 1 fully saturated rings. The number of anilines is 1. The van der Waals surface area contributed by atoms with Gasteiger partial charge < -0.3 is 14.9 Å². The zero-order valence-electron chi connectivity index (χ0n) is 9.09. The second-order valence-corrected chi connectivity index (χ2v) is 5.21. The second kappa shape index (κ2) is 4.08. The second-order valence-electron chi connectivity index (χ2n) is 4.23. The van der Waals surface area contributed by atoms with Crippen LogP contribution in [0.5, 0.6) is 0 Å². The van der Waals surface area contributed by atoms with Crippen molar-refractivity contribution in [1.82, 2.24) is 15.4 Å². The normalized spacial score (nSPS) is 17.7. The summed E-state index contributed by atoms with van der Waals surface area (Å²) in [5, 5.41) is 26.2. The summed E-state index contributed by atoms with van der Waals surface area (Å²) in [6.45, 7) is 0.528. The van der Waals surface area contributed by atoms with Gasteiger partial charge in [0.2, 0.25) is 5.13 Å². The summed E-state index contributed by atoms with van der Waals surface area (Å²) in [5.41, 5.74) is 0.123. The third kappa shape index (κ3) is 2.16. The first-order valence-corrected chi connectivity index (χ1v) is 6.27. The molecule has 1 aliphatic rings. The summed E-state index contributed by atoms with van der Waals surface area (Å²) in [7, 11) is 0. The number of rotatable bonds is 4. The molecule has 1 saturated carbocycles. The Bertz CT molecular complexity index is 492. The molecule has 6 nitrogen and oxygen atoms in total. The predicted molar refractivity (Wildman–Crippen MR) is 62.7 cm³/mol. The molecule has 7 heteroatoms. The number of hydrogen-bond donors (Lipinski definition) is 2. The van der Waals surface area contributed by atoms with E-state index < -0.39 is 5.60 Å². The van der Waals surface area contributed by atoms with Crippen LogP contribution in [0.3, 0.4) is 0 Å². The molecule has 0 bridgehead atoms. The summed E-state index contributed by atoms with van der Waals surface area (Å²) in [6, 6.07) is 1.74. The van der Waals surface area contributed by atoms with E-state index in [9.17, 15) is 5.11 Å². The van der Waals surface area contributed by atoms with E-state index in [1.807, 2.05) is 0 Å². The van der Waals surface area contributed by atoms with E-state index in [2.05, 4.69) is 20.7 Å². The first kappa shape index (κ1) is 10.7. The molecule has 0 radical (unpaired) electrons. The van der Waals surface area contributed by atoms with Gasteiger partial charge in [-0.3, -0.25) is 0 Å². The average molecular weight is 252 g/mol. The molecule has 2 heterocycles. The molecule has 0 aliphatic heterocycles. The summed E-state index contributed by atoms with van der Waals surface area (Å²) < 4.78 is 4.75. The quantitative estimate of drug-likeness (QED) is 0.858. The topological polar surface area (TPSA) is 84.1 Å². The van der Waals surface area contributed by atoms with Crippen molar-refractivity contribution >= 4 is 16.5 Å². The molecular weight excluding hydrogens is 240 g/mol. The summed E-state index contributed by atoms with van der Waals surface area (Å²) in [6.07, 6.45) is 4.31. The zero-order valence-corrected chi connectivity index (χ0v) is 9.90. The van der Waals surface area contributed by atoms with Crippen LogP contribution in [0.15, 0.2) is 16.9 Å². The zero-order chi connectivity index (χ0) is 11.7. The fourth-order valence-electron chi connectivity index (χ4n) is 1.72. The van der Waals surface area contributed by atoms with Crippen molar-refractivity contribution in [2.45, 2.75) is 24.9 Å².